The zero-order chi connectivity index (χ0) is 21.3. The molecule has 3 aromatic rings. The summed E-state index contributed by atoms with van der Waals surface area (Å²) in [5.41, 5.74) is 13.4. The highest BCUT2D eigenvalue weighted by Gasteiger charge is 2.25. The Balaban J connectivity index is 1.70. The van der Waals surface area contributed by atoms with Crippen molar-refractivity contribution in [1.82, 2.24) is 10.3 Å². The third-order valence-electron chi connectivity index (χ3n) is 4.65. The highest BCUT2D eigenvalue weighted by Crippen LogP contribution is 2.30. The predicted octanol–water partition coefficient (Wildman–Crippen LogP) is 3.10. The average Bonchev–Trinajstić information content (AvgIpc) is 3.16. The van der Waals surface area contributed by atoms with Crippen LogP contribution in [0.2, 0.25) is 0 Å². The second kappa shape index (κ2) is 11.2. The first-order chi connectivity index (χ1) is 14.6. The summed E-state index contributed by atoms with van der Waals surface area (Å²) in [7, 11) is 0. The van der Waals surface area contributed by atoms with Crippen molar-refractivity contribution in [3.63, 3.8) is 0 Å². The van der Waals surface area contributed by atoms with Crippen molar-refractivity contribution in [2.45, 2.75) is 42.1 Å². The number of amides is 1. The Bertz CT molecular complexity index is 944. The average molecular weight is 443 g/mol. The van der Waals surface area contributed by atoms with E-state index in [1.165, 1.54) is 11.3 Å². The number of rotatable bonds is 10. The molecule has 30 heavy (non-hydrogen) atoms. The summed E-state index contributed by atoms with van der Waals surface area (Å²) < 4.78 is 1.69. The van der Waals surface area contributed by atoms with Gasteiger partial charge >= 0.3 is 0 Å². The number of nitrogens with zero attached hydrogens (tertiary/aromatic N) is 1. The summed E-state index contributed by atoms with van der Waals surface area (Å²) in [5, 5.41) is 2.70. The van der Waals surface area contributed by atoms with Gasteiger partial charge in [-0.2, -0.15) is 0 Å². The highest BCUT2D eigenvalue weighted by molar-refractivity contribution is 8.15. The van der Waals surface area contributed by atoms with Gasteiger partial charge in [0, 0.05) is 6.42 Å². The Morgan fingerprint density at radius 3 is 2.53 bits per heavy atom. The predicted molar refractivity (Wildman–Crippen MR) is 123 cm³/mol. The van der Waals surface area contributed by atoms with E-state index in [2.05, 4.69) is 10.3 Å². The van der Waals surface area contributed by atoms with Gasteiger partial charge in [-0.3, -0.25) is 9.59 Å². The van der Waals surface area contributed by atoms with Crippen molar-refractivity contribution < 1.29 is 9.59 Å². The van der Waals surface area contributed by atoms with Gasteiger partial charge < -0.3 is 16.8 Å². The Labute approximate surface area is 184 Å². The molecule has 1 aromatic heterocycles. The number of unbranched alkanes of at least 4 members (excludes halogenated alkanes) is 1. The fourth-order valence-corrected chi connectivity index (χ4v) is 4.99. The fraction of sp³-hybridized carbons (Fsp3) is 0.318. The van der Waals surface area contributed by atoms with E-state index in [1.54, 1.807) is 0 Å². The van der Waals surface area contributed by atoms with Gasteiger partial charge in [-0.15, -0.1) is 11.3 Å². The molecule has 1 amide bonds. The summed E-state index contributed by atoms with van der Waals surface area (Å²) in [6.07, 6.45) is 2.54. The topological polar surface area (TPSA) is 111 Å². The minimum atomic E-state index is -0.683. The lowest BCUT2D eigenvalue weighted by molar-refractivity contribution is -0.125. The lowest BCUT2D eigenvalue weighted by atomic mass is 10.1. The number of thioether (sulfide) groups is 1. The Kier molecular flexibility index (Phi) is 8.39. The molecular weight excluding hydrogens is 416 g/mol. The molecule has 0 fully saturated rings. The van der Waals surface area contributed by atoms with Gasteiger partial charge in [0.2, 0.25) is 11.0 Å². The van der Waals surface area contributed by atoms with Gasteiger partial charge in [-0.1, -0.05) is 48.9 Å². The van der Waals surface area contributed by atoms with Gasteiger partial charge in [0.1, 0.15) is 6.04 Å². The molecule has 2 atom stereocenters. The number of nitrogens with one attached hydrogen (secondary N) is 1. The lowest BCUT2D eigenvalue weighted by Gasteiger charge is -2.19. The van der Waals surface area contributed by atoms with E-state index in [-0.39, 0.29) is 11.0 Å². The summed E-state index contributed by atoms with van der Waals surface area (Å²) in [4.78, 5) is 30.2. The fourth-order valence-electron chi connectivity index (χ4n) is 3.01. The van der Waals surface area contributed by atoms with Gasteiger partial charge in [0.05, 0.1) is 16.3 Å². The number of thiazole rings is 1. The van der Waals surface area contributed by atoms with Crippen LogP contribution in [0.25, 0.3) is 10.2 Å². The first-order valence-electron chi connectivity index (χ1n) is 9.94. The molecule has 3 rings (SSSR count). The molecule has 0 saturated heterocycles. The summed E-state index contributed by atoms with van der Waals surface area (Å²) in [6.45, 7) is 0.572. The van der Waals surface area contributed by atoms with Crippen LogP contribution in [0, 0.1) is 0 Å². The number of hydrogen-bond donors (Lipinski definition) is 3. The van der Waals surface area contributed by atoms with Gasteiger partial charge in [0.15, 0.2) is 4.34 Å². The minimum Gasteiger partial charge on any atom is -0.344 e. The molecule has 8 heteroatoms. The van der Waals surface area contributed by atoms with Crippen molar-refractivity contribution >= 4 is 44.3 Å². The third-order valence-corrected chi connectivity index (χ3v) is 6.73. The summed E-state index contributed by atoms with van der Waals surface area (Å²) in [5.74, 6) is -0.314. The third kappa shape index (κ3) is 6.37. The molecule has 1 heterocycles. The minimum absolute atomic E-state index is 0.152. The maximum absolute atomic E-state index is 13.1. The van der Waals surface area contributed by atoms with Gasteiger partial charge in [0.25, 0.3) is 0 Å². The molecule has 0 spiro atoms. The van der Waals surface area contributed by atoms with Crippen LogP contribution in [-0.2, 0) is 16.0 Å². The molecule has 0 aliphatic heterocycles. The molecule has 0 saturated carbocycles. The van der Waals surface area contributed by atoms with E-state index in [0.717, 1.165) is 40.4 Å². The molecule has 0 aliphatic carbocycles. The van der Waals surface area contributed by atoms with Crippen LogP contribution in [0.3, 0.4) is 0 Å². The number of aromatic nitrogens is 1. The van der Waals surface area contributed by atoms with E-state index in [9.17, 15) is 9.59 Å². The molecule has 0 unspecified atom stereocenters. The number of carbonyl (C=O) groups excluding carboxylic acids is 2. The summed E-state index contributed by atoms with van der Waals surface area (Å²) >= 11 is 2.54. The highest BCUT2D eigenvalue weighted by atomic mass is 32.2. The Hall–Kier alpha value is -2.26. The molecule has 158 valence electrons. The maximum atomic E-state index is 13.1. The molecular formula is C22H26N4O2S2. The monoisotopic (exact) mass is 442 g/mol. The van der Waals surface area contributed by atoms with E-state index >= 15 is 0 Å². The first kappa shape index (κ1) is 22.4. The first-order valence-corrected chi connectivity index (χ1v) is 11.6. The summed E-state index contributed by atoms with van der Waals surface area (Å²) in [6, 6.07) is 16.1. The number of para-hydroxylation sites is 1. The number of hydrogen-bond acceptors (Lipinski definition) is 7. The standard InChI is InChI=1S/C22H26N4O2S2/c23-13-7-6-10-16(24)20(27)25-18(14-15-8-2-1-3-9-15)21(28)30-22-26-17-11-4-5-12-19(17)29-22/h1-5,8-9,11-12,16,18H,6-7,10,13-14,23-24H2,(H,25,27)/t16-,18-/m1/s1. The SMILES string of the molecule is NCCCC[C@@H](N)C(=O)N[C@H](Cc1ccccc1)C(=O)Sc1nc2ccccc2s1. The van der Waals surface area contributed by atoms with Crippen molar-refractivity contribution in [3.05, 3.63) is 60.2 Å². The lowest BCUT2D eigenvalue weighted by Crippen LogP contribution is -2.48. The van der Waals surface area contributed by atoms with Crippen molar-refractivity contribution in [1.29, 1.82) is 0 Å². The van der Waals surface area contributed by atoms with E-state index in [4.69, 9.17) is 11.5 Å². The maximum Gasteiger partial charge on any atom is 0.237 e. The zero-order valence-corrected chi connectivity index (χ0v) is 18.3. The van der Waals surface area contributed by atoms with Crippen LogP contribution in [0.15, 0.2) is 58.9 Å². The van der Waals surface area contributed by atoms with Crippen molar-refractivity contribution in [3.8, 4) is 0 Å². The van der Waals surface area contributed by atoms with Crippen LogP contribution in [0.1, 0.15) is 24.8 Å². The van der Waals surface area contributed by atoms with E-state index in [1.807, 2.05) is 54.6 Å². The normalized spacial score (nSPS) is 13.1. The van der Waals surface area contributed by atoms with E-state index < -0.39 is 12.1 Å². The van der Waals surface area contributed by atoms with Crippen LogP contribution in [0.4, 0.5) is 0 Å². The molecule has 0 bridgehead atoms. The molecule has 5 N–H and O–H groups in total. The largest absolute Gasteiger partial charge is 0.344 e. The quantitative estimate of drug-likeness (QED) is 0.329. The molecule has 6 nitrogen and oxygen atoms in total. The smallest absolute Gasteiger partial charge is 0.237 e. The number of benzene rings is 2. The molecule has 2 aromatic carbocycles. The molecule has 0 radical (unpaired) electrons. The van der Waals surface area contributed by atoms with Crippen LogP contribution in [0.5, 0.6) is 0 Å². The number of fused-ring (bicyclic) bond motifs is 1. The van der Waals surface area contributed by atoms with E-state index in [0.29, 0.717) is 23.7 Å². The van der Waals surface area contributed by atoms with Gasteiger partial charge in [-0.05, 0) is 48.8 Å². The van der Waals surface area contributed by atoms with Crippen LogP contribution >= 0.6 is 23.1 Å². The Morgan fingerprint density at radius 1 is 1.07 bits per heavy atom. The van der Waals surface area contributed by atoms with Crippen LogP contribution < -0.4 is 16.8 Å². The molecule has 0 aliphatic rings. The second-order valence-electron chi connectivity index (χ2n) is 7.01. The van der Waals surface area contributed by atoms with Crippen molar-refractivity contribution in [2.24, 2.45) is 11.5 Å². The van der Waals surface area contributed by atoms with Crippen LogP contribution in [-0.4, -0.2) is 34.6 Å². The number of nitrogens with two attached hydrogens (primary N) is 2. The number of carbonyl (C=O) groups is 2. The zero-order valence-electron chi connectivity index (χ0n) is 16.6. The second-order valence-corrected chi connectivity index (χ2v) is 9.29. The van der Waals surface area contributed by atoms with Gasteiger partial charge in [-0.25, -0.2) is 4.98 Å². The Morgan fingerprint density at radius 2 is 1.80 bits per heavy atom. The van der Waals surface area contributed by atoms with Crippen molar-refractivity contribution in [2.75, 3.05) is 6.54 Å².